The minimum absolute atomic E-state index is 0.0847. The van der Waals surface area contributed by atoms with E-state index in [2.05, 4.69) is 15.3 Å². The van der Waals surface area contributed by atoms with E-state index in [9.17, 15) is 4.21 Å². The zero-order valence-corrected chi connectivity index (χ0v) is 9.97. The van der Waals surface area contributed by atoms with E-state index in [1.54, 1.807) is 6.26 Å². The number of hydrogen-bond acceptors (Lipinski definition) is 5. The van der Waals surface area contributed by atoms with Gasteiger partial charge in [-0.2, -0.15) is 4.98 Å². The van der Waals surface area contributed by atoms with Crippen LogP contribution in [-0.4, -0.2) is 32.2 Å². The fourth-order valence-corrected chi connectivity index (χ4v) is 1.37. The van der Waals surface area contributed by atoms with Gasteiger partial charge in [-0.15, -0.1) is 0 Å². The van der Waals surface area contributed by atoms with Crippen molar-refractivity contribution in [1.82, 2.24) is 9.97 Å². The highest BCUT2D eigenvalue weighted by Gasteiger charge is 2.06. The lowest BCUT2D eigenvalue weighted by Gasteiger charge is -2.10. The van der Waals surface area contributed by atoms with Crippen molar-refractivity contribution >= 4 is 22.6 Å². The molecule has 1 aromatic heterocycles. The molecule has 84 valence electrons. The van der Waals surface area contributed by atoms with Crippen molar-refractivity contribution in [2.45, 2.75) is 19.1 Å². The van der Waals surface area contributed by atoms with Gasteiger partial charge in [0.25, 0.3) is 0 Å². The Morgan fingerprint density at radius 3 is 2.80 bits per heavy atom. The second-order valence-electron chi connectivity index (χ2n) is 3.44. The smallest absolute Gasteiger partial charge is 0.222 e. The molecule has 1 aromatic rings. The molecule has 15 heavy (non-hydrogen) atoms. The Morgan fingerprint density at radius 1 is 1.60 bits per heavy atom. The summed E-state index contributed by atoms with van der Waals surface area (Å²) in [5.74, 6) is 0.931. The van der Waals surface area contributed by atoms with E-state index in [1.807, 2.05) is 19.9 Å². The topological polar surface area (TPSA) is 80.9 Å². The zero-order chi connectivity index (χ0) is 11.4. The molecule has 3 N–H and O–H groups in total. The number of anilines is 2. The zero-order valence-electron chi connectivity index (χ0n) is 9.15. The molecule has 0 aliphatic carbocycles. The van der Waals surface area contributed by atoms with Crippen molar-refractivity contribution in [2.75, 3.05) is 23.9 Å². The van der Waals surface area contributed by atoms with Crippen LogP contribution in [0.5, 0.6) is 0 Å². The van der Waals surface area contributed by atoms with Crippen LogP contribution in [0.15, 0.2) is 6.07 Å². The molecule has 0 aliphatic rings. The van der Waals surface area contributed by atoms with Crippen molar-refractivity contribution in [2.24, 2.45) is 0 Å². The minimum Gasteiger partial charge on any atom is -0.369 e. The maximum absolute atomic E-state index is 11.1. The van der Waals surface area contributed by atoms with Gasteiger partial charge >= 0.3 is 0 Å². The van der Waals surface area contributed by atoms with E-state index in [4.69, 9.17) is 5.73 Å². The van der Waals surface area contributed by atoms with Gasteiger partial charge in [0.15, 0.2) is 0 Å². The van der Waals surface area contributed by atoms with Crippen molar-refractivity contribution in [1.29, 1.82) is 0 Å². The fraction of sp³-hybridized carbons (Fsp3) is 0.556. The standard InChI is InChI=1S/C9H16N4OS/c1-6-4-8(13-9(10)12-6)11-5-7(2)15(3)14/h4,7H,5H2,1-3H3,(H3,10,11,12,13). The summed E-state index contributed by atoms with van der Waals surface area (Å²) in [6.45, 7) is 4.38. The molecule has 0 bridgehead atoms. The summed E-state index contributed by atoms with van der Waals surface area (Å²) >= 11 is 0. The van der Waals surface area contributed by atoms with E-state index in [0.29, 0.717) is 12.4 Å². The maximum atomic E-state index is 11.1. The van der Waals surface area contributed by atoms with Gasteiger partial charge < -0.3 is 11.1 Å². The Kier molecular flexibility index (Phi) is 4.02. The first kappa shape index (κ1) is 11.9. The van der Waals surface area contributed by atoms with Crippen LogP contribution in [-0.2, 0) is 10.8 Å². The summed E-state index contributed by atoms with van der Waals surface area (Å²) in [6, 6.07) is 1.81. The van der Waals surface area contributed by atoms with Crippen LogP contribution < -0.4 is 11.1 Å². The highest BCUT2D eigenvalue weighted by molar-refractivity contribution is 7.84. The van der Waals surface area contributed by atoms with Crippen LogP contribution in [0.25, 0.3) is 0 Å². The van der Waals surface area contributed by atoms with Gasteiger partial charge in [-0.1, -0.05) is 0 Å². The third kappa shape index (κ3) is 3.83. The molecular formula is C9H16N4OS. The van der Waals surface area contributed by atoms with Gasteiger partial charge in [-0.25, -0.2) is 4.98 Å². The van der Waals surface area contributed by atoms with Crippen molar-refractivity contribution in [3.05, 3.63) is 11.8 Å². The van der Waals surface area contributed by atoms with E-state index in [0.717, 1.165) is 5.69 Å². The summed E-state index contributed by atoms with van der Waals surface area (Å²) in [5, 5.41) is 3.17. The minimum atomic E-state index is -0.832. The van der Waals surface area contributed by atoms with Crippen LogP contribution in [0.4, 0.5) is 11.8 Å². The Hall–Kier alpha value is -1.17. The number of nitrogens with two attached hydrogens (primary N) is 1. The molecule has 0 radical (unpaired) electrons. The molecule has 0 saturated carbocycles. The lowest BCUT2D eigenvalue weighted by molar-refractivity contribution is 0.679. The molecule has 2 atom stereocenters. The van der Waals surface area contributed by atoms with Gasteiger partial charge in [0.2, 0.25) is 5.95 Å². The molecule has 1 heterocycles. The number of hydrogen-bond donors (Lipinski definition) is 2. The predicted molar refractivity (Wildman–Crippen MR) is 63.2 cm³/mol. The summed E-state index contributed by atoms with van der Waals surface area (Å²) in [4.78, 5) is 7.99. The molecule has 0 saturated heterocycles. The molecule has 0 spiro atoms. The van der Waals surface area contributed by atoms with Gasteiger partial charge in [0.05, 0.1) is 0 Å². The van der Waals surface area contributed by atoms with Crippen LogP contribution in [0.3, 0.4) is 0 Å². The lowest BCUT2D eigenvalue weighted by Crippen LogP contribution is -2.21. The molecule has 2 unspecified atom stereocenters. The molecular weight excluding hydrogens is 212 g/mol. The number of nitrogen functional groups attached to an aromatic ring is 1. The monoisotopic (exact) mass is 228 g/mol. The number of nitrogens with one attached hydrogen (secondary N) is 1. The number of rotatable bonds is 4. The summed E-state index contributed by atoms with van der Waals surface area (Å²) in [7, 11) is -0.832. The van der Waals surface area contributed by atoms with E-state index in [1.165, 1.54) is 0 Å². The van der Waals surface area contributed by atoms with Gasteiger partial charge in [-0.05, 0) is 13.8 Å². The van der Waals surface area contributed by atoms with Gasteiger partial charge in [0.1, 0.15) is 5.82 Å². The van der Waals surface area contributed by atoms with E-state index in [-0.39, 0.29) is 11.2 Å². The van der Waals surface area contributed by atoms with Crippen LogP contribution in [0.2, 0.25) is 0 Å². The molecule has 0 aliphatic heterocycles. The predicted octanol–water partition coefficient (Wildman–Crippen LogP) is 0.546. The van der Waals surface area contributed by atoms with E-state index >= 15 is 0 Å². The Labute approximate surface area is 92.0 Å². The molecule has 0 amide bonds. The Bertz CT molecular complexity index is 349. The molecule has 6 heteroatoms. The molecule has 1 rings (SSSR count). The second-order valence-corrected chi connectivity index (χ2v) is 5.24. The third-order valence-electron chi connectivity index (χ3n) is 2.01. The first-order valence-corrected chi connectivity index (χ1v) is 6.28. The quantitative estimate of drug-likeness (QED) is 0.786. The van der Waals surface area contributed by atoms with Crippen LogP contribution in [0.1, 0.15) is 12.6 Å². The normalized spacial score (nSPS) is 14.6. The average molecular weight is 228 g/mol. The average Bonchev–Trinajstić information content (AvgIpc) is 2.12. The Balaban J connectivity index is 2.61. The highest BCUT2D eigenvalue weighted by atomic mass is 32.2. The number of aryl methyl sites for hydroxylation is 1. The van der Waals surface area contributed by atoms with Crippen molar-refractivity contribution < 1.29 is 4.21 Å². The highest BCUT2D eigenvalue weighted by Crippen LogP contribution is 2.07. The SMILES string of the molecule is Cc1cc(NCC(C)S(C)=O)nc(N)n1. The maximum Gasteiger partial charge on any atom is 0.222 e. The van der Waals surface area contributed by atoms with E-state index < -0.39 is 10.8 Å². The number of nitrogens with zero attached hydrogens (tertiary/aromatic N) is 2. The van der Waals surface area contributed by atoms with Crippen molar-refractivity contribution in [3.63, 3.8) is 0 Å². The summed E-state index contributed by atoms with van der Waals surface area (Å²) in [5.41, 5.74) is 6.32. The molecule has 0 fully saturated rings. The van der Waals surface area contributed by atoms with Gasteiger partial charge in [0, 0.05) is 40.6 Å². The van der Waals surface area contributed by atoms with Crippen LogP contribution >= 0.6 is 0 Å². The molecule has 5 nitrogen and oxygen atoms in total. The third-order valence-corrected chi connectivity index (χ3v) is 3.31. The largest absolute Gasteiger partial charge is 0.369 e. The second kappa shape index (κ2) is 5.06. The first-order chi connectivity index (χ1) is 6.99. The number of aromatic nitrogens is 2. The molecule has 0 aromatic carbocycles. The van der Waals surface area contributed by atoms with Crippen molar-refractivity contribution in [3.8, 4) is 0 Å². The summed E-state index contributed by atoms with van der Waals surface area (Å²) in [6.07, 6.45) is 1.69. The van der Waals surface area contributed by atoms with Gasteiger partial charge in [-0.3, -0.25) is 4.21 Å². The van der Waals surface area contributed by atoms with Crippen LogP contribution in [0, 0.1) is 6.92 Å². The lowest BCUT2D eigenvalue weighted by atomic mass is 10.4. The summed E-state index contributed by atoms with van der Waals surface area (Å²) < 4.78 is 11.1. The Morgan fingerprint density at radius 2 is 2.27 bits per heavy atom. The fourth-order valence-electron chi connectivity index (χ4n) is 1.05. The first-order valence-electron chi connectivity index (χ1n) is 4.66.